The maximum absolute atomic E-state index is 12.7. The summed E-state index contributed by atoms with van der Waals surface area (Å²) >= 11 is 0. The van der Waals surface area contributed by atoms with E-state index in [-0.39, 0.29) is 58.4 Å². The van der Waals surface area contributed by atoms with Crippen LogP contribution < -0.4 is 4.74 Å². The molecule has 33 heavy (non-hydrogen) atoms. The third-order valence-electron chi connectivity index (χ3n) is 5.83. The molecule has 0 saturated carbocycles. The van der Waals surface area contributed by atoms with Crippen molar-refractivity contribution in [3.8, 4) is 34.5 Å². The van der Waals surface area contributed by atoms with Crippen LogP contribution >= 0.6 is 0 Å². The van der Waals surface area contributed by atoms with Gasteiger partial charge in [-0.15, -0.1) is 0 Å². The van der Waals surface area contributed by atoms with Gasteiger partial charge in [-0.2, -0.15) is 0 Å². The van der Waals surface area contributed by atoms with Crippen molar-refractivity contribution in [2.24, 2.45) is 0 Å². The fraction of sp³-hybridized carbons (Fsp3) is 0.440. The molecule has 0 aliphatic rings. The van der Waals surface area contributed by atoms with Gasteiger partial charge in [-0.1, -0.05) is 20.3 Å². The summed E-state index contributed by atoms with van der Waals surface area (Å²) in [5, 5.41) is 53.4. The lowest BCUT2D eigenvalue weighted by Crippen LogP contribution is -2.08. The molecule has 0 atom stereocenters. The maximum Gasteiger partial charge on any atom is 0.170 e. The molecule has 5 N–H and O–H groups in total. The number of Topliss-reactive ketones (excluding diaryl/α,β-unsaturated/α-hetero) is 2. The van der Waals surface area contributed by atoms with E-state index < -0.39 is 40.3 Å². The van der Waals surface area contributed by atoms with E-state index in [9.17, 15) is 35.1 Å². The molecule has 0 bridgehead atoms. The quantitative estimate of drug-likeness (QED) is 0.318. The van der Waals surface area contributed by atoms with Crippen molar-refractivity contribution in [2.45, 2.75) is 66.2 Å². The van der Waals surface area contributed by atoms with Gasteiger partial charge in [-0.25, -0.2) is 0 Å². The number of unbranched alkanes of at least 4 members (excludes halogenated alkanes) is 1. The second-order valence-corrected chi connectivity index (χ2v) is 8.11. The Labute approximate surface area is 193 Å². The van der Waals surface area contributed by atoms with E-state index in [2.05, 4.69) is 0 Å². The molecule has 0 saturated heterocycles. The van der Waals surface area contributed by atoms with Crippen LogP contribution in [0.15, 0.2) is 0 Å². The van der Waals surface area contributed by atoms with Gasteiger partial charge >= 0.3 is 0 Å². The summed E-state index contributed by atoms with van der Waals surface area (Å²) in [6.45, 7) is 6.61. The Kier molecular flexibility index (Phi) is 8.19. The van der Waals surface area contributed by atoms with E-state index in [0.717, 1.165) is 6.42 Å². The first-order valence-corrected chi connectivity index (χ1v) is 11.0. The Balaban J connectivity index is 2.78. The number of rotatable bonds is 10. The van der Waals surface area contributed by atoms with Crippen LogP contribution in [0, 0.1) is 13.8 Å². The molecule has 0 heterocycles. The molecule has 0 radical (unpaired) electrons. The van der Waals surface area contributed by atoms with Gasteiger partial charge in [0.15, 0.2) is 11.6 Å². The molecule has 8 nitrogen and oxygen atoms in total. The number of aromatic hydroxyl groups is 5. The molecule has 2 rings (SSSR count). The predicted molar refractivity (Wildman–Crippen MR) is 123 cm³/mol. The Morgan fingerprint density at radius 1 is 0.697 bits per heavy atom. The molecule has 0 fully saturated rings. The van der Waals surface area contributed by atoms with Crippen molar-refractivity contribution >= 4 is 11.6 Å². The van der Waals surface area contributed by atoms with Crippen LogP contribution in [0.3, 0.4) is 0 Å². The number of ether oxygens (including phenoxy) is 1. The second kappa shape index (κ2) is 10.5. The first kappa shape index (κ1) is 25.8. The first-order valence-electron chi connectivity index (χ1n) is 11.0. The summed E-state index contributed by atoms with van der Waals surface area (Å²) in [5.74, 6) is -3.38. The van der Waals surface area contributed by atoms with Crippen molar-refractivity contribution in [3.63, 3.8) is 0 Å². The molecular weight excluding hydrogens is 428 g/mol. The van der Waals surface area contributed by atoms with Crippen molar-refractivity contribution < 1.29 is 39.9 Å². The van der Waals surface area contributed by atoms with Crippen LogP contribution in [-0.4, -0.2) is 44.2 Å². The number of benzene rings is 2. The van der Waals surface area contributed by atoms with Crippen LogP contribution in [0.25, 0.3) is 0 Å². The summed E-state index contributed by atoms with van der Waals surface area (Å²) in [5.41, 5.74) is -0.422. The highest BCUT2D eigenvalue weighted by atomic mass is 16.5. The zero-order valence-corrected chi connectivity index (χ0v) is 19.7. The Bertz CT molecular complexity index is 1090. The summed E-state index contributed by atoms with van der Waals surface area (Å²) < 4.78 is 5.36. The molecule has 2 aromatic carbocycles. The third-order valence-corrected chi connectivity index (χ3v) is 5.83. The molecule has 0 aliphatic carbocycles. The smallest absolute Gasteiger partial charge is 0.170 e. The number of carbonyl (C=O) groups is 2. The second-order valence-electron chi connectivity index (χ2n) is 8.11. The van der Waals surface area contributed by atoms with Gasteiger partial charge in [0, 0.05) is 41.5 Å². The van der Waals surface area contributed by atoms with Gasteiger partial charge in [-0.3, -0.25) is 9.59 Å². The standard InChI is InChI=1S/C25H32O8/c1-6-8-10-17(27)19-21(29)12(3)20(28)14(23(19)31)11-15-24(32)18(16(26)9-7-2)22(30)13(4)25(15)33-5/h28-32H,6-11H2,1-5H3. The van der Waals surface area contributed by atoms with Crippen LogP contribution in [0.5, 0.6) is 34.5 Å². The zero-order chi connectivity index (χ0) is 25.0. The lowest BCUT2D eigenvalue weighted by molar-refractivity contribution is 0.0966. The van der Waals surface area contributed by atoms with Crippen molar-refractivity contribution in [2.75, 3.05) is 7.11 Å². The molecule has 0 unspecified atom stereocenters. The van der Waals surface area contributed by atoms with E-state index in [1.54, 1.807) is 6.92 Å². The molecule has 0 aliphatic heterocycles. The van der Waals surface area contributed by atoms with E-state index in [4.69, 9.17) is 4.74 Å². The number of phenols is 5. The number of hydrogen-bond donors (Lipinski definition) is 5. The van der Waals surface area contributed by atoms with E-state index in [1.165, 1.54) is 21.0 Å². The minimum absolute atomic E-state index is 0.00103. The largest absolute Gasteiger partial charge is 0.507 e. The Morgan fingerprint density at radius 2 is 1.21 bits per heavy atom. The minimum Gasteiger partial charge on any atom is -0.507 e. The fourth-order valence-corrected chi connectivity index (χ4v) is 3.92. The Hall–Kier alpha value is -3.42. The highest BCUT2D eigenvalue weighted by Crippen LogP contribution is 2.48. The lowest BCUT2D eigenvalue weighted by Gasteiger charge is -2.21. The molecule has 180 valence electrons. The summed E-state index contributed by atoms with van der Waals surface area (Å²) in [7, 11) is 1.32. The lowest BCUT2D eigenvalue weighted by atomic mass is 9.89. The van der Waals surface area contributed by atoms with Crippen LogP contribution in [-0.2, 0) is 6.42 Å². The predicted octanol–water partition coefficient (Wildman–Crippen LogP) is 4.79. The number of carbonyl (C=O) groups excluding carboxylic acids is 2. The normalized spacial score (nSPS) is 10.9. The summed E-state index contributed by atoms with van der Waals surface area (Å²) in [4.78, 5) is 25.2. The topological polar surface area (TPSA) is 145 Å². The van der Waals surface area contributed by atoms with Crippen LogP contribution in [0.4, 0.5) is 0 Å². The van der Waals surface area contributed by atoms with Crippen molar-refractivity contribution in [1.29, 1.82) is 0 Å². The molecule has 8 heteroatoms. The molecular formula is C25H32O8. The van der Waals surface area contributed by atoms with Gasteiger partial charge in [0.05, 0.1) is 7.11 Å². The summed E-state index contributed by atoms with van der Waals surface area (Å²) in [6, 6.07) is 0. The average molecular weight is 461 g/mol. The number of methoxy groups -OCH3 is 1. The number of ketones is 2. The van der Waals surface area contributed by atoms with E-state index in [1.807, 2.05) is 6.92 Å². The number of hydrogen-bond acceptors (Lipinski definition) is 8. The van der Waals surface area contributed by atoms with Crippen LogP contribution in [0.1, 0.15) is 88.9 Å². The molecule has 0 amide bonds. The van der Waals surface area contributed by atoms with E-state index >= 15 is 0 Å². The van der Waals surface area contributed by atoms with Gasteiger partial charge in [0.2, 0.25) is 0 Å². The van der Waals surface area contributed by atoms with Gasteiger partial charge in [0.25, 0.3) is 0 Å². The van der Waals surface area contributed by atoms with Gasteiger partial charge in [-0.05, 0) is 26.7 Å². The monoisotopic (exact) mass is 460 g/mol. The summed E-state index contributed by atoms with van der Waals surface area (Å²) in [6.07, 6.45) is 1.67. The molecule has 2 aromatic rings. The zero-order valence-electron chi connectivity index (χ0n) is 19.7. The first-order chi connectivity index (χ1) is 15.5. The van der Waals surface area contributed by atoms with E-state index in [0.29, 0.717) is 12.8 Å². The highest BCUT2D eigenvalue weighted by molar-refractivity contribution is 6.03. The van der Waals surface area contributed by atoms with Gasteiger partial charge in [0.1, 0.15) is 45.6 Å². The van der Waals surface area contributed by atoms with Crippen molar-refractivity contribution in [1.82, 2.24) is 0 Å². The number of phenolic OH excluding ortho intramolecular Hbond substituents is 5. The molecule has 0 aromatic heterocycles. The minimum atomic E-state index is -0.606. The van der Waals surface area contributed by atoms with Crippen LogP contribution in [0.2, 0.25) is 0 Å². The SMILES string of the molecule is CCCCC(=O)c1c(O)c(C)c(O)c(Cc2c(O)c(C(=O)CCC)c(O)c(C)c2OC)c1O. The highest BCUT2D eigenvalue weighted by Gasteiger charge is 2.30. The van der Waals surface area contributed by atoms with Gasteiger partial charge < -0.3 is 30.3 Å². The third kappa shape index (κ3) is 4.69. The fourth-order valence-electron chi connectivity index (χ4n) is 3.92. The average Bonchev–Trinajstić information content (AvgIpc) is 2.77. The molecule has 0 spiro atoms. The Morgan fingerprint density at radius 3 is 1.73 bits per heavy atom. The van der Waals surface area contributed by atoms with Crippen molar-refractivity contribution in [3.05, 3.63) is 33.4 Å². The maximum atomic E-state index is 12.7.